The van der Waals surface area contributed by atoms with E-state index in [0.717, 1.165) is 0 Å². The van der Waals surface area contributed by atoms with Crippen molar-refractivity contribution < 1.29 is 34.5 Å². The molecule has 3 amide bonds. The van der Waals surface area contributed by atoms with Crippen LogP contribution in [0.2, 0.25) is 0 Å². The van der Waals surface area contributed by atoms with Crippen LogP contribution < -0.4 is 27.4 Å². The number of carbonyl (C=O) groups excluding carboxylic acids is 3. The third-order valence-corrected chi connectivity index (χ3v) is 5.64. The number of carboxylic acids is 1. The molecular weight excluding hydrogens is 470 g/mol. The lowest BCUT2D eigenvalue weighted by molar-refractivity contribution is -0.142. The highest BCUT2D eigenvalue weighted by molar-refractivity contribution is 5.94. The molecule has 1 rings (SSSR count). The molecule has 12 nitrogen and oxygen atoms in total. The molecule has 36 heavy (non-hydrogen) atoms. The summed E-state index contributed by atoms with van der Waals surface area (Å²) in [5.74, 6) is -3.71. The first-order chi connectivity index (χ1) is 16.9. The molecule has 0 aliphatic rings. The molecule has 0 radical (unpaired) electrons. The van der Waals surface area contributed by atoms with Gasteiger partial charge in [0, 0.05) is 6.42 Å². The molecule has 0 heterocycles. The van der Waals surface area contributed by atoms with E-state index in [1.54, 1.807) is 26.0 Å². The van der Waals surface area contributed by atoms with Crippen LogP contribution in [0.1, 0.15) is 45.6 Å². The normalized spacial score (nSPS) is 15.3. The number of nitrogens with two attached hydrogens (primary N) is 2. The van der Waals surface area contributed by atoms with Crippen LogP contribution in [-0.2, 0) is 25.6 Å². The number of phenolic OH excluding ortho intramolecular Hbond substituents is 1. The summed E-state index contributed by atoms with van der Waals surface area (Å²) in [6.45, 7) is 5.11. The number of carbonyl (C=O) groups is 4. The predicted octanol–water partition coefficient (Wildman–Crippen LogP) is -1.03. The lowest BCUT2D eigenvalue weighted by atomic mass is 9.99. The quantitative estimate of drug-likeness (QED) is 0.135. The molecule has 0 saturated heterocycles. The number of nitrogens with one attached hydrogen (secondary N) is 3. The number of aliphatic hydroxyl groups excluding tert-OH is 1. The zero-order valence-electron chi connectivity index (χ0n) is 20.9. The maximum Gasteiger partial charge on any atom is 0.326 e. The van der Waals surface area contributed by atoms with Gasteiger partial charge < -0.3 is 42.7 Å². The lowest BCUT2D eigenvalue weighted by Gasteiger charge is -2.27. The summed E-state index contributed by atoms with van der Waals surface area (Å²) in [6, 6.07) is 1.32. The van der Waals surface area contributed by atoms with Gasteiger partial charge in [-0.1, -0.05) is 26.0 Å². The van der Waals surface area contributed by atoms with E-state index < -0.39 is 59.9 Å². The van der Waals surface area contributed by atoms with E-state index in [4.69, 9.17) is 11.5 Å². The van der Waals surface area contributed by atoms with E-state index in [-0.39, 0.29) is 18.6 Å². The Morgan fingerprint density at radius 1 is 0.889 bits per heavy atom. The van der Waals surface area contributed by atoms with Crippen LogP contribution in [0.25, 0.3) is 0 Å². The van der Waals surface area contributed by atoms with E-state index in [0.29, 0.717) is 24.9 Å². The van der Waals surface area contributed by atoms with Crippen molar-refractivity contribution in [1.29, 1.82) is 0 Å². The van der Waals surface area contributed by atoms with Crippen molar-refractivity contribution in [2.45, 2.75) is 76.7 Å². The van der Waals surface area contributed by atoms with Gasteiger partial charge in [0.05, 0.1) is 6.10 Å². The number of unbranched alkanes of at least 4 members (excludes halogenated alkanes) is 1. The Bertz CT molecular complexity index is 876. The minimum absolute atomic E-state index is 0.00760. The second kappa shape index (κ2) is 15.0. The van der Waals surface area contributed by atoms with Gasteiger partial charge in [-0.05, 0) is 56.3 Å². The minimum atomic E-state index is -1.28. The molecule has 12 heteroatoms. The standard InChI is InChI=1S/C24H39N5O7/c1-13(2)20(23(34)27-17(24(35)36)6-4-5-11-25)29-21(32)18(28-22(33)19(26)14(3)30)12-15-7-9-16(31)10-8-15/h7-10,13-14,17-20,30-31H,4-6,11-12,25-26H2,1-3H3,(H,27,34)(H,28,33)(H,29,32)(H,35,36). The first kappa shape index (κ1) is 30.8. The largest absolute Gasteiger partial charge is 0.508 e. The Morgan fingerprint density at radius 3 is 1.97 bits per heavy atom. The van der Waals surface area contributed by atoms with Crippen LogP contribution >= 0.6 is 0 Å². The van der Waals surface area contributed by atoms with Crippen LogP contribution in [0.5, 0.6) is 5.75 Å². The zero-order valence-corrected chi connectivity index (χ0v) is 20.9. The Labute approximate surface area is 210 Å². The molecule has 0 aliphatic heterocycles. The fourth-order valence-electron chi connectivity index (χ4n) is 3.36. The number of aliphatic hydroxyl groups is 1. The Morgan fingerprint density at radius 2 is 1.47 bits per heavy atom. The molecule has 1 aromatic rings. The third kappa shape index (κ3) is 10.2. The molecule has 0 fully saturated rings. The SMILES string of the molecule is CC(C)C(NC(=O)C(Cc1ccc(O)cc1)NC(=O)C(N)C(C)O)C(=O)NC(CCCCN)C(=O)O. The minimum Gasteiger partial charge on any atom is -0.508 e. The van der Waals surface area contributed by atoms with Crippen molar-refractivity contribution in [3.05, 3.63) is 29.8 Å². The van der Waals surface area contributed by atoms with Gasteiger partial charge in [0.1, 0.15) is 29.9 Å². The summed E-state index contributed by atoms with van der Waals surface area (Å²) in [4.78, 5) is 50.2. The molecule has 5 atom stereocenters. The van der Waals surface area contributed by atoms with E-state index in [2.05, 4.69) is 16.0 Å². The van der Waals surface area contributed by atoms with Crippen LogP contribution in [-0.4, -0.2) is 75.8 Å². The fourth-order valence-corrected chi connectivity index (χ4v) is 3.36. The number of amides is 3. The van der Waals surface area contributed by atoms with E-state index in [1.807, 2.05) is 0 Å². The highest BCUT2D eigenvalue weighted by Crippen LogP contribution is 2.13. The average molecular weight is 510 g/mol. The highest BCUT2D eigenvalue weighted by Gasteiger charge is 2.32. The number of carboxylic acid groups (broad SMARTS) is 1. The first-order valence-corrected chi connectivity index (χ1v) is 11.9. The number of hydrogen-bond donors (Lipinski definition) is 8. The van der Waals surface area contributed by atoms with Crippen LogP contribution in [0.15, 0.2) is 24.3 Å². The predicted molar refractivity (Wildman–Crippen MR) is 133 cm³/mol. The average Bonchev–Trinajstić information content (AvgIpc) is 2.81. The van der Waals surface area contributed by atoms with Crippen molar-refractivity contribution in [2.75, 3.05) is 6.54 Å². The summed E-state index contributed by atoms with van der Waals surface area (Å²) in [7, 11) is 0. The van der Waals surface area contributed by atoms with Gasteiger partial charge in [0.15, 0.2) is 0 Å². The second-order valence-corrected chi connectivity index (χ2v) is 9.11. The van der Waals surface area contributed by atoms with Crippen LogP contribution in [0.3, 0.4) is 0 Å². The van der Waals surface area contributed by atoms with Crippen molar-refractivity contribution in [3.63, 3.8) is 0 Å². The molecule has 1 aromatic carbocycles. The molecule has 0 aliphatic carbocycles. The van der Waals surface area contributed by atoms with Crippen molar-refractivity contribution in [1.82, 2.24) is 16.0 Å². The van der Waals surface area contributed by atoms with Gasteiger partial charge in [-0.2, -0.15) is 0 Å². The Hall–Kier alpha value is -3.22. The van der Waals surface area contributed by atoms with E-state index in [1.165, 1.54) is 19.1 Å². The lowest BCUT2D eigenvalue weighted by Crippen LogP contribution is -2.59. The van der Waals surface area contributed by atoms with Gasteiger partial charge in [0.25, 0.3) is 0 Å². The molecule has 5 unspecified atom stereocenters. The number of hydrogen-bond acceptors (Lipinski definition) is 8. The topological polar surface area (TPSA) is 217 Å². The third-order valence-electron chi connectivity index (χ3n) is 5.64. The first-order valence-electron chi connectivity index (χ1n) is 11.9. The Balaban J connectivity index is 3.06. The van der Waals surface area contributed by atoms with Crippen molar-refractivity contribution in [3.8, 4) is 5.75 Å². The summed E-state index contributed by atoms with van der Waals surface area (Å²) in [5.41, 5.74) is 11.8. The van der Waals surface area contributed by atoms with Crippen molar-refractivity contribution >= 4 is 23.7 Å². The summed E-state index contributed by atoms with van der Waals surface area (Å²) < 4.78 is 0. The fraction of sp³-hybridized carbons (Fsp3) is 0.583. The molecule has 0 saturated carbocycles. The summed E-state index contributed by atoms with van der Waals surface area (Å²) in [5, 5.41) is 36.2. The van der Waals surface area contributed by atoms with E-state index in [9.17, 15) is 34.5 Å². The molecule has 0 spiro atoms. The smallest absolute Gasteiger partial charge is 0.326 e. The maximum atomic E-state index is 13.2. The maximum absolute atomic E-state index is 13.2. The molecule has 0 aromatic heterocycles. The molecule has 10 N–H and O–H groups in total. The van der Waals surface area contributed by atoms with Gasteiger partial charge in [0.2, 0.25) is 17.7 Å². The zero-order chi connectivity index (χ0) is 27.4. The highest BCUT2D eigenvalue weighted by atomic mass is 16.4. The van der Waals surface area contributed by atoms with Crippen LogP contribution in [0.4, 0.5) is 0 Å². The Kier molecular flexibility index (Phi) is 12.9. The number of aliphatic carboxylic acids is 1. The van der Waals surface area contributed by atoms with Gasteiger partial charge in [-0.25, -0.2) is 4.79 Å². The van der Waals surface area contributed by atoms with E-state index >= 15 is 0 Å². The number of benzene rings is 1. The van der Waals surface area contributed by atoms with Gasteiger partial charge in [-0.3, -0.25) is 14.4 Å². The van der Waals surface area contributed by atoms with Gasteiger partial charge >= 0.3 is 5.97 Å². The number of rotatable bonds is 15. The second-order valence-electron chi connectivity index (χ2n) is 9.11. The molecular formula is C24H39N5O7. The van der Waals surface area contributed by atoms with Gasteiger partial charge in [-0.15, -0.1) is 0 Å². The number of aromatic hydroxyl groups is 1. The number of phenols is 1. The summed E-state index contributed by atoms with van der Waals surface area (Å²) in [6.07, 6.45) is 0.152. The molecule has 202 valence electrons. The monoisotopic (exact) mass is 509 g/mol. The van der Waals surface area contributed by atoms with Crippen molar-refractivity contribution in [2.24, 2.45) is 17.4 Å². The summed E-state index contributed by atoms with van der Waals surface area (Å²) >= 11 is 0. The molecule has 0 bridgehead atoms. The van der Waals surface area contributed by atoms with Crippen LogP contribution in [0, 0.1) is 5.92 Å².